The zero-order valence-corrected chi connectivity index (χ0v) is 17.3. The minimum Gasteiger partial charge on any atom is -0.490 e. The summed E-state index contributed by atoms with van der Waals surface area (Å²) in [6.07, 6.45) is 1.43. The second kappa shape index (κ2) is 8.65. The van der Waals surface area contributed by atoms with Crippen molar-refractivity contribution in [1.29, 1.82) is 0 Å². The van der Waals surface area contributed by atoms with Crippen LogP contribution >= 0.6 is 0 Å². The highest BCUT2D eigenvalue weighted by molar-refractivity contribution is 5.97. The molecule has 2 aromatic rings. The second-order valence-electron chi connectivity index (χ2n) is 7.62. The molecule has 4 rings (SSSR count). The van der Waals surface area contributed by atoms with Gasteiger partial charge in [-0.15, -0.1) is 0 Å². The monoisotopic (exact) mass is 409 g/mol. The Morgan fingerprint density at radius 1 is 1.20 bits per heavy atom. The molecule has 7 nitrogen and oxygen atoms in total. The summed E-state index contributed by atoms with van der Waals surface area (Å²) in [7, 11) is 0. The van der Waals surface area contributed by atoms with Crippen LogP contribution < -0.4 is 25.0 Å². The van der Waals surface area contributed by atoms with Crippen molar-refractivity contribution in [2.24, 2.45) is 0 Å². The van der Waals surface area contributed by atoms with Crippen molar-refractivity contribution in [2.75, 3.05) is 29.9 Å². The average molecular weight is 409 g/mol. The van der Waals surface area contributed by atoms with Gasteiger partial charge in [-0.2, -0.15) is 0 Å². The number of carbonyl (C=O) groups is 2. The number of anilines is 2. The number of rotatable bonds is 5. The number of ether oxygens (including phenoxy) is 2. The lowest BCUT2D eigenvalue weighted by Crippen LogP contribution is -2.38. The molecule has 1 saturated heterocycles. The van der Waals surface area contributed by atoms with Gasteiger partial charge in [0.25, 0.3) is 11.8 Å². The van der Waals surface area contributed by atoms with Gasteiger partial charge in [0.05, 0.1) is 5.69 Å². The second-order valence-corrected chi connectivity index (χ2v) is 7.62. The maximum Gasteiger partial charge on any atom is 0.265 e. The zero-order valence-electron chi connectivity index (χ0n) is 17.3. The van der Waals surface area contributed by atoms with Crippen LogP contribution in [0.5, 0.6) is 11.5 Å². The third kappa shape index (κ3) is 4.35. The average Bonchev–Trinajstić information content (AvgIpc) is 2.76. The summed E-state index contributed by atoms with van der Waals surface area (Å²) in [5.74, 6) is 1.21. The number of hydrogen-bond acceptors (Lipinski definition) is 5. The fourth-order valence-corrected chi connectivity index (χ4v) is 3.77. The van der Waals surface area contributed by atoms with Gasteiger partial charge >= 0.3 is 0 Å². The standard InChI is InChI=1S/C23H27N3O4/c1-3-24-23(28)16-4-6-17(7-5-16)26-12-10-18(11-13-26)30-19-8-9-21-20(14-19)25-22(27)15(2)29-21/h4-9,14-15,18H,3,10-13H2,1-2H3,(H,24,28)(H,25,27). The molecule has 1 atom stereocenters. The largest absolute Gasteiger partial charge is 0.490 e. The van der Waals surface area contributed by atoms with Crippen LogP contribution in [0.3, 0.4) is 0 Å². The first-order valence-electron chi connectivity index (χ1n) is 10.4. The summed E-state index contributed by atoms with van der Waals surface area (Å²) in [4.78, 5) is 26.0. The Kier molecular flexibility index (Phi) is 5.79. The minimum atomic E-state index is -0.483. The highest BCUT2D eigenvalue weighted by atomic mass is 16.5. The van der Waals surface area contributed by atoms with E-state index in [1.165, 1.54) is 0 Å². The molecule has 158 valence electrons. The highest BCUT2D eigenvalue weighted by Crippen LogP contribution is 2.34. The molecule has 0 spiro atoms. The van der Waals surface area contributed by atoms with E-state index in [0.717, 1.165) is 37.4 Å². The highest BCUT2D eigenvalue weighted by Gasteiger charge is 2.25. The third-order valence-corrected chi connectivity index (χ3v) is 5.46. The summed E-state index contributed by atoms with van der Waals surface area (Å²) >= 11 is 0. The van der Waals surface area contributed by atoms with E-state index < -0.39 is 6.10 Å². The van der Waals surface area contributed by atoms with Crippen LogP contribution in [0.15, 0.2) is 42.5 Å². The van der Waals surface area contributed by atoms with Gasteiger partial charge in [0.15, 0.2) is 6.10 Å². The Bertz CT molecular complexity index is 921. The predicted molar refractivity (Wildman–Crippen MR) is 115 cm³/mol. The maximum atomic E-state index is 11.9. The molecule has 2 N–H and O–H groups in total. The smallest absolute Gasteiger partial charge is 0.265 e. The molecule has 0 radical (unpaired) electrons. The molecule has 0 aromatic heterocycles. The number of piperidine rings is 1. The summed E-state index contributed by atoms with van der Waals surface area (Å²) in [6.45, 7) is 6.02. The van der Waals surface area contributed by atoms with E-state index in [0.29, 0.717) is 23.5 Å². The minimum absolute atomic E-state index is 0.0442. The van der Waals surface area contributed by atoms with E-state index in [9.17, 15) is 9.59 Å². The topological polar surface area (TPSA) is 79.9 Å². The summed E-state index contributed by atoms with van der Waals surface area (Å²) in [6, 6.07) is 13.3. The van der Waals surface area contributed by atoms with E-state index in [1.54, 1.807) is 6.92 Å². The molecule has 2 aliphatic rings. The molecule has 0 saturated carbocycles. The van der Waals surface area contributed by atoms with E-state index in [4.69, 9.17) is 9.47 Å². The van der Waals surface area contributed by atoms with Crippen molar-refractivity contribution in [3.05, 3.63) is 48.0 Å². The Morgan fingerprint density at radius 2 is 1.93 bits per heavy atom. The molecule has 2 aromatic carbocycles. The molecule has 2 heterocycles. The lowest BCUT2D eigenvalue weighted by molar-refractivity contribution is -0.122. The van der Waals surface area contributed by atoms with Gasteiger partial charge in [-0.3, -0.25) is 9.59 Å². The van der Waals surface area contributed by atoms with E-state index >= 15 is 0 Å². The Morgan fingerprint density at radius 3 is 2.63 bits per heavy atom. The van der Waals surface area contributed by atoms with Gasteiger partial charge in [-0.05, 0) is 50.2 Å². The van der Waals surface area contributed by atoms with Crippen molar-refractivity contribution in [2.45, 2.75) is 38.9 Å². The number of amides is 2. The first-order chi connectivity index (χ1) is 14.5. The van der Waals surface area contributed by atoms with Gasteiger partial charge < -0.3 is 25.0 Å². The Hall–Kier alpha value is -3.22. The molecule has 0 bridgehead atoms. The number of fused-ring (bicyclic) bond motifs is 1. The maximum absolute atomic E-state index is 11.9. The van der Waals surface area contributed by atoms with E-state index in [-0.39, 0.29) is 17.9 Å². The van der Waals surface area contributed by atoms with Gasteiger partial charge in [0, 0.05) is 49.8 Å². The number of benzene rings is 2. The van der Waals surface area contributed by atoms with Crippen molar-refractivity contribution in [1.82, 2.24) is 5.32 Å². The van der Waals surface area contributed by atoms with Crippen LogP contribution in [0.25, 0.3) is 0 Å². The lowest BCUT2D eigenvalue weighted by atomic mass is 10.1. The van der Waals surface area contributed by atoms with Crippen molar-refractivity contribution in [3.63, 3.8) is 0 Å². The van der Waals surface area contributed by atoms with Gasteiger partial charge in [0.2, 0.25) is 0 Å². The van der Waals surface area contributed by atoms with Crippen LogP contribution in [0.1, 0.15) is 37.0 Å². The van der Waals surface area contributed by atoms with E-state index in [1.807, 2.05) is 49.4 Å². The van der Waals surface area contributed by atoms with Crippen LogP contribution in [0, 0.1) is 0 Å². The van der Waals surface area contributed by atoms with Gasteiger partial charge in [0.1, 0.15) is 17.6 Å². The zero-order chi connectivity index (χ0) is 21.1. The molecule has 30 heavy (non-hydrogen) atoms. The molecule has 2 amide bonds. The molecule has 1 fully saturated rings. The van der Waals surface area contributed by atoms with Crippen LogP contribution in [-0.2, 0) is 4.79 Å². The Labute approximate surface area is 176 Å². The van der Waals surface area contributed by atoms with Crippen LogP contribution in [0.2, 0.25) is 0 Å². The number of hydrogen-bond donors (Lipinski definition) is 2. The first-order valence-corrected chi connectivity index (χ1v) is 10.4. The molecular weight excluding hydrogens is 382 g/mol. The quantitative estimate of drug-likeness (QED) is 0.793. The van der Waals surface area contributed by atoms with Gasteiger partial charge in [-0.1, -0.05) is 0 Å². The fraction of sp³-hybridized carbons (Fsp3) is 0.391. The summed E-state index contributed by atoms with van der Waals surface area (Å²) < 4.78 is 11.7. The molecule has 7 heteroatoms. The first kappa shape index (κ1) is 20.1. The fourth-order valence-electron chi connectivity index (χ4n) is 3.77. The molecular formula is C23H27N3O4. The van der Waals surface area contributed by atoms with Crippen molar-refractivity contribution in [3.8, 4) is 11.5 Å². The predicted octanol–water partition coefficient (Wildman–Crippen LogP) is 3.20. The van der Waals surface area contributed by atoms with Crippen molar-refractivity contribution >= 4 is 23.2 Å². The van der Waals surface area contributed by atoms with Crippen LogP contribution in [0.4, 0.5) is 11.4 Å². The molecule has 0 aliphatic carbocycles. The van der Waals surface area contributed by atoms with Crippen molar-refractivity contribution < 1.29 is 19.1 Å². The number of carbonyl (C=O) groups excluding carboxylic acids is 2. The normalized spacial score (nSPS) is 18.8. The number of nitrogens with zero attached hydrogens (tertiary/aromatic N) is 1. The third-order valence-electron chi connectivity index (χ3n) is 5.46. The van der Waals surface area contributed by atoms with Crippen LogP contribution in [-0.4, -0.2) is 43.7 Å². The molecule has 2 aliphatic heterocycles. The Balaban J connectivity index is 1.32. The summed E-state index contributed by atoms with van der Waals surface area (Å²) in [5, 5.41) is 5.67. The SMILES string of the molecule is CCNC(=O)c1ccc(N2CCC(Oc3ccc4c(c3)NC(=O)C(C)O4)CC2)cc1. The lowest BCUT2D eigenvalue weighted by Gasteiger charge is -2.34. The van der Waals surface area contributed by atoms with E-state index in [2.05, 4.69) is 15.5 Å². The summed E-state index contributed by atoms with van der Waals surface area (Å²) in [5.41, 5.74) is 2.45. The molecule has 1 unspecified atom stereocenters. The number of nitrogens with one attached hydrogen (secondary N) is 2. The van der Waals surface area contributed by atoms with Gasteiger partial charge in [-0.25, -0.2) is 0 Å².